The molecule has 0 radical (unpaired) electrons. The van der Waals surface area contributed by atoms with E-state index in [2.05, 4.69) is 21.7 Å². The first-order valence-electron chi connectivity index (χ1n) is 7.58. The molecule has 0 aliphatic heterocycles. The molecule has 3 aromatic rings. The van der Waals surface area contributed by atoms with E-state index >= 15 is 0 Å². The summed E-state index contributed by atoms with van der Waals surface area (Å²) >= 11 is 0. The SMILES string of the molecule is Cc1ccc(NC(=O)CNc2cccc3cccnc23)c(C)c1. The monoisotopic (exact) mass is 305 g/mol. The van der Waals surface area contributed by atoms with Gasteiger partial charge in [0, 0.05) is 17.3 Å². The van der Waals surface area contributed by atoms with Crippen LogP contribution in [0.4, 0.5) is 11.4 Å². The molecule has 0 saturated carbocycles. The van der Waals surface area contributed by atoms with Crippen LogP contribution >= 0.6 is 0 Å². The van der Waals surface area contributed by atoms with Crippen molar-refractivity contribution < 1.29 is 4.79 Å². The molecule has 1 heterocycles. The fourth-order valence-corrected chi connectivity index (χ4v) is 2.57. The zero-order valence-electron chi connectivity index (χ0n) is 13.3. The molecule has 2 aromatic carbocycles. The molecule has 0 unspecified atom stereocenters. The Hall–Kier alpha value is -2.88. The van der Waals surface area contributed by atoms with Gasteiger partial charge in [0.15, 0.2) is 0 Å². The summed E-state index contributed by atoms with van der Waals surface area (Å²) in [5.74, 6) is -0.0788. The van der Waals surface area contributed by atoms with Crippen LogP contribution in [0.25, 0.3) is 10.9 Å². The standard InChI is InChI=1S/C19H19N3O/c1-13-8-9-16(14(2)11-13)22-18(23)12-21-17-7-3-5-15-6-4-10-20-19(15)17/h3-11,21H,12H2,1-2H3,(H,22,23). The molecule has 1 aromatic heterocycles. The number of nitrogens with one attached hydrogen (secondary N) is 2. The molecular formula is C19H19N3O. The van der Waals surface area contributed by atoms with Crippen LogP contribution in [0.1, 0.15) is 11.1 Å². The van der Waals surface area contributed by atoms with E-state index in [9.17, 15) is 4.79 Å². The third-order valence-corrected chi connectivity index (χ3v) is 3.73. The first-order chi connectivity index (χ1) is 11.1. The molecule has 4 nitrogen and oxygen atoms in total. The van der Waals surface area contributed by atoms with Crippen LogP contribution in [0.3, 0.4) is 0 Å². The number of hydrogen-bond acceptors (Lipinski definition) is 3. The van der Waals surface area contributed by atoms with Gasteiger partial charge in [0.1, 0.15) is 0 Å². The summed E-state index contributed by atoms with van der Waals surface area (Å²) < 4.78 is 0. The van der Waals surface area contributed by atoms with Crippen molar-refractivity contribution >= 4 is 28.2 Å². The van der Waals surface area contributed by atoms with Crippen molar-refractivity contribution in [3.05, 3.63) is 65.9 Å². The molecule has 0 aliphatic rings. The number of aromatic nitrogens is 1. The van der Waals surface area contributed by atoms with Gasteiger partial charge in [-0.15, -0.1) is 0 Å². The van der Waals surface area contributed by atoms with Crippen molar-refractivity contribution in [3.63, 3.8) is 0 Å². The third-order valence-electron chi connectivity index (χ3n) is 3.73. The Balaban J connectivity index is 1.69. The lowest BCUT2D eigenvalue weighted by atomic mass is 10.1. The average Bonchev–Trinajstić information content (AvgIpc) is 2.55. The Kier molecular flexibility index (Phi) is 4.24. The first-order valence-corrected chi connectivity index (χ1v) is 7.58. The highest BCUT2D eigenvalue weighted by Crippen LogP contribution is 2.20. The van der Waals surface area contributed by atoms with E-state index in [0.717, 1.165) is 27.8 Å². The van der Waals surface area contributed by atoms with Crippen molar-refractivity contribution in [1.29, 1.82) is 0 Å². The summed E-state index contributed by atoms with van der Waals surface area (Å²) in [6.45, 7) is 4.22. The number of carbonyl (C=O) groups excluding carboxylic acids is 1. The molecule has 0 atom stereocenters. The van der Waals surface area contributed by atoms with Crippen LogP contribution in [-0.2, 0) is 4.79 Å². The minimum absolute atomic E-state index is 0.0788. The molecular weight excluding hydrogens is 286 g/mol. The largest absolute Gasteiger partial charge is 0.374 e. The van der Waals surface area contributed by atoms with Gasteiger partial charge in [0.25, 0.3) is 0 Å². The van der Waals surface area contributed by atoms with Gasteiger partial charge < -0.3 is 10.6 Å². The molecule has 3 rings (SSSR count). The number of benzene rings is 2. The number of carbonyl (C=O) groups is 1. The second-order valence-electron chi connectivity index (χ2n) is 5.60. The summed E-state index contributed by atoms with van der Waals surface area (Å²) in [4.78, 5) is 16.5. The van der Waals surface area contributed by atoms with E-state index in [1.807, 2.05) is 56.3 Å². The molecule has 0 spiro atoms. The molecule has 0 saturated heterocycles. The van der Waals surface area contributed by atoms with Crippen molar-refractivity contribution in [3.8, 4) is 0 Å². The van der Waals surface area contributed by atoms with Gasteiger partial charge in [-0.05, 0) is 37.6 Å². The Labute approximate surface area is 135 Å². The van der Waals surface area contributed by atoms with E-state index < -0.39 is 0 Å². The van der Waals surface area contributed by atoms with Crippen molar-refractivity contribution in [2.24, 2.45) is 0 Å². The maximum absolute atomic E-state index is 12.2. The fourth-order valence-electron chi connectivity index (χ4n) is 2.57. The number of pyridine rings is 1. The van der Waals surface area contributed by atoms with Crippen molar-refractivity contribution in [1.82, 2.24) is 4.98 Å². The lowest BCUT2D eigenvalue weighted by Gasteiger charge is -2.11. The molecule has 23 heavy (non-hydrogen) atoms. The maximum atomic E-state index is 12.2. The van der Waals surface area contributed by atoms with E-state index in [0.29, 0.717) is 0 Å². The number of para-hydroxylation sites is 1. The zero-order chi connectivity index (χ0) is 16.2. The van der Waals surface area contributed by atoms with Gasteiger partial charge in [-0.2, -0.15) is 0 Å². The second-order valence-corrected chi connectivity index (χ2v) is 5.60. The highest BCUT2D eigenvalue weighted by atomic mass is 16.1. The summed E-state index contributed by atoms with van der Waals surface area (Å²) in [5, 5.41) is 7.15. The minimum atomic E-state index is -0.0788. The molecule has 0 aliphatic carbocycles. The number of amides is 1. The average molecular weight is 305 g/mol. The van der Waals surface area contributed by atoms with Gasteiger partial charge in [0.2, 0.25) is 5.91 Å². The minimum Gasteiger partial charge on any atom is -0.374 e. The summed E-state index contributed by atoms with van der Waals surface area (Å²) in [6.07, 6.45) is 1.75. The predicted molar refractivity (Wildman–Crippen MR) is 94.8 cm³/mol. The zero-order valence-corrected chi connectivity index (χ0v) is 13.3. The molecule has 116 valence electrons. The Bertz CT molecular complexity index is 853. The van der Waals surface area contributed by atoms with Gasteiger partial charge in [0.05, 0.1) is 17.7 Å². The quantitative estimate of drug-likeness (QED) is 0.768. The number of nitrogens with zero attached hydrogens (tertiary/aromatic N) is 1. The highest BCUT2D eigenvalue weighted by molar-refractivity contribution is 5.96. The van der Waals surface area contributed by atoms with E-state index in [4.69, 9.17) is 0 Å². The number of rotatable bonds is 4. The van der Waals surface area contributed by atoms with E-state index in [1.165, 1.54) is 5.56 Å². The van der Waals surface area contributed by atoms with Crippen LogP contribution in [0.15, 0.2) is 54.7 Å². The van der Waals surface area contributed by atoms with E-state index in [1.54, 1.807) is 6.20 Å². The Morgan fingerprint density at radius 3 is 2.70 bits per heavy atom. The highest BCUT2D eigenvalue weighted by Gasteiger charge is 2.06. The van der Waals surface area contributed by atoms with Gasteiger partial charge in [-0.3, -0.25) is 9.78 Å². The van der Waals surface area contributed by atoms with E-state index in [-0.39, 0.29) is 12.5 Å². The summed E-state index contributed by atoms with van der Waals surface area (Å²) in [6, 6.07) is 15.8. The number of hydrogen-bond donors (Lipinski definition) is 2. The Morgan fingerprint density at radius 1 is 1.04 bits per heavy atom. The lowest BCUT2D eigenvalue weighted by molar-refractivity contribution is -0.114. The second kappa shape index (κ2) is 6.48. The number of anilines is 2. The maximum Gasteiger partial charge on any atom is 0.243 e. The smallest absolute Gasteiger partial charge is 0.243 e. The molecule has 1 amide bonds. The van der Waals surface area contributed by atoms with Crippen LogP contribution < -0.4 is 10.6 Å². The van der Waals surface area contributed by atoms with Crippen LogP contribution in [-0.4, -0.2) is 17.4 Å². The molecule has 0 fully saturated rings. The van der Waals surface area contributed by atoms with Crippen LogP contribution in [0.2, 0.25) is 0 Å². The molecule has 0 bridgehead atoms. The van der Waals surface area contributed by atoms with Crippen LogP contribution in [0.5, 0.6) is 0 Å². The van der Waals surface area contributed by atoms with Crippen molar-refractivity contribution in [2.75, 3.05) is 17.2 Å². The normalized spacial score (nSPS) is 10.5. The van der Waals surface area contributed by atoms with Crippen LogP contribution in [0, 0.1) is 13.8 Å². The summed E-state index contributed by atoms with van der Waals surface area (Å²) in [5.41, 5.74) is 4.82. The van der Waals surface area contributed by atoms with Gasteiger partial charge in [-0.1, -0.05) is 35.9 Å². The summed E-state index contributed by atoms with van der Waals surface area (Å²) in [7, 11) is 0. The molecule has 2 N–H and O–H groups in total. The van der Waals surface area contributed by atoms with Crippen molar-refractivity contribution in [2.45, 2.75) is 13.8 Å². The predicted octanol–water partition coefficient (Wildman–Crippen LogP) is 3.90. The third kappa shape index (κ3) is 3.48. The topological polar surface area (TPSA) is 54.0 Å². The first kappa shape index (κ1) is 15.0. The molecule has 4 heteroatoms. The Morgan fingerprint density at radius 2 is 1.87 bits per heavy atom. The van der Waals surface area contributed by atoms with Gasteiger partial charge >= 0.3 is 0 Å². The fraction of sp³-hybridized carbons (Fsp3) is 0.158. The van der Waals surface area contributed by atoms with Gasteiger partial charge in [-0.25, -0.2) is 0 Å². The number of aryl methyl sites for hydroxylation is 2. The number of fused-ring (bicyclic) bond motifs is 1. The lowest BCUT2D eigenvalue weighted by Crippen LogP contribution is -2.22.